The van der Waals surface area contributed by atoms with E-state index in [1.54, 1.807) is 0 Å². The van der Waals surface area contributed by atoms with E-state index in [4.69, 9.17) is 4.74 Å². The smallest absolute Gasteiger partial charge is 0.407 e. The Morgan fingerprint density at radius 1 is 1.30 bits per heavy atom. The summed E-state index contributed by atoms with van der Waals surface area (Å²) in [5.41, 5.74) is 2.52. The Bertz CT molecular complexity index is 718. The van der Waals surface area contributed by atoms with Crippen molar-refractivity contribution in [3.8, 4) is 0 Å². The van der Waals surface area contributed by atoms with Crippen LogP contribution in [0, 0.1) is 5.92 Å². The number of hydrogen-bond donors (Lipinski definition) is 1. The number of rotatable bonds is 5. The number of carbonyl (C=O) groups is 2. The monoisotopic (exact) mass is 370 g/mol. The molecule has 1 N–H and O–H groups in total. The molecule has 1 aromatic rings. The van der Waals surface area contributed by atoms with E-state index in [1.807, 2.05) is 11.9 Å². The summed E-state index contributed by atoms with van der Waals surface area (Å²) in [4.78, 5) is 25.9. The Labute approximate surface area is 161 Å². The third-order valence-corrected chi connectivity index (χ3v) is 7.07. The van der Waals surface area contributed by atoms with E-state index in [1.165, 1.54) is 11.1 Å². The molecule has 5 heteroatoms. The van der Waals surface area contributed by atoms with E-state index in [-0.39, 0.29) is 23.5 Å². The van der Waals surface area contributed by atoms with Crippen molar-refractivity contribution in [1.82, 2.24) is 10.2 Å². The van der Waals surface area contributed by atoms with E-state index in [9.17, 15) is 9.59 Å². The van der Waals surface area contributed by atoms with Gasteiger partial charge >= 0.3 is 6.09 Å². The lowest BCUT2D eigenvalue weighted by Gasteiger charge is -2.47. The van der Waals surface area contributed by atoms with Crippen LogP contribution in [-0.2, 0) is 9.53 Å². The maximum Gasteiger partial charge on any atom is 0.407 e. The van der Waals surface area contributed by atoms with Gasteiger partial charge in [-0.2, -0.15) is 0 Å². The lowest BCUT2D eigenvalue weighted by molar-refractivity contribution is -0.143. The molecule has 4 rings (SSSR count). The van der Waals surface area contributed by atoms with Crippen LogP contribution in [0.1, 0.15) is 68.9 Å². The predicted octanol–water partition coefficient (Wildman–Crippen LogP) is 3.79. The van der Waals surface area contributed by atoms with Gasteiger partial charge in [0.25, 0.3) is 0 Å². The van der Waals surface area contributed by atoms with Crippen molar-refractivity contribution in [3.63, 3.8) is 0 Å². The second-order valence-corrected chi connectivity index (χ2v) is 8.83. The van der Waals surface area contributed by atoms with Gasteiger partial charge in [-0.3, -0.25) is 4.79 Å². The first-order valence-electron chi connectivity index (χ1n) is 10.2. The van der Waals surface area contributed by atoms with E-state index >= 15 is 0 Å². The Hall–Kier alpha value is -2.04. The van der Waals surface area contributed by atoms with E-state index in [2.05, 4.69) is 43.4 Å². The molecule has 1 unspecified atom stereocenters. The highest BCUT2D eigenvalue weighted by atomic mass is 16.6. The molecule has 0 bridgehead atoms. The molecular weight excluding hydrogens is 340 g/mol. The number of ether oxygens (including phenoxy) is 1. The van der Waals surface area contributed by atoms with Crippen LogP contribution in [0.3, 0.4) is 0 Å². The highest BCUT2D eigenvalue weighted by Crippen LogP contribution is 2.44. The summed E-state index contributed by atoms with van der Waals surface area (Å²) < 4.78 is 5.00. The molecule has 5 nitrogen and oxygen atoms in total. The van der Waals surface area contributed by atoms with Crippen molar-refractivity contribution in [3.05, 3.63) is 35.4 Å². The molecule has 146 valence electrons. The van der Waals surface area contributed by atoms with E-state index in [0.29, 0.717) is 37.3 Å². The molecular formula is C22H30N2O3. The standard InChI is InChI=1S/C22H30N2O3/c1-4-14(2)15-5-7-16(8-6-15)17-9-19(10-17)24(3)20(25)18-11-22(12-18)13-27-21(26)23-22/h5-8,14,17-19H,4,9-13H2,1-3H3,(H,23,26). The molecule has 1 aliphatic heterocycles. The van der Waals surface area contributed by atoms with Crippen molar-refractivity contribution in [2.45, 2.75) is 69.4 Å². The fourth-order valence-corrected chi connectivity index (χ4v) is 4.75. The van der Waals surface area contributed by atoms with Crippen LogP contribution in [0.2, 0.25) is 0 Å². The number of amides is 2. The molecule has 2 saturated carbocycles. The molecule has 1 heterocycles. The fourth-order valence-electron chi connectivity index (χ4n) is 4.75. The zero-order chi connectivity index (χ0) is 19.2. The van der Waals surface area contributed by atoms with Gasteiger partial charge in [0.15, 0.2) is 0 Å². The minimum absolute atomic E-state index is 0.0193. The van der Waals surface area contributed by atoms with Crippen LogP contribution < -0.4 is 5.32 Å². The van der Waals surface area contributed by atoms with Gasteiger partial charge in [-0.05, 0) is 55.1 Å². The van der Waals surface area contributed by atoms with Crippen LogP contribution >= 0.6 is 0 Å². The minimum Gasteiger partial charge on any atom is -0.447 e. The first-order chi connectivity index (χ1) is 12.9. The Morgan fingerprint density at radius 3 is 2.52 bits per heavy atom. The van der Waals surface area contributed by atoms with Gasteiger partial charge < -0.3 is 15.0 Å². The number of hydrogen-bond acceptors (Lipinski definition) is 3. The van der Waals surface area contributed by atoms with Crippen LogP contribution in [-0.4, -0.2) is 42.1 Å². The highest BCUT2D eigenvalue weighted by molar-refractivity contribution is 5.81. The van der Waals surface area contributed by atoms with Crippen molar-refractivity contribution < 1.29 is 14.3 Å². The second-order valence-electron chi connectivity index (χ2n) is 8.83. The normalized spacial score (nSPS) is 32.9. The minimum atomic E-state index is -0.351. The SMILES string of the molecule is CCC(C)c1ccc(C2CC(N(C)C(=O)C3CC4(COC(=O)N4)C3)C2)cc1. The number of alkyl carbamates (subject to hydrolysis) is 1. The summed E-state index contributed by atoms with van der Waals surface area (Å²) >= 11 is 0. The number of cyclic esters (lactones) is 1. The van der Waals surface area contributed by atoms with Crippen LogP contribution in [0.4, 0.5) is 4.79 Å². The fraction of sp³-hybridized carbons (Fsp3) is 0.636. The summed E-state index contributed by atoms with van der Waals surface area (Å²) in [5.74, 6) is 1.41. The Kier molecular flexibility index (Phi) is 4.65. The van der Waals surface area contributed by atoms with Crippen LogP contribution in [0.15, 0.2) is 24.3 Å². The predicted molar refractivity (Wildman–Crippen MR) is 104 cm³/mol. The molecule has 3 fully saturated rings. The Morgan fingerprint density at radius 2 is 1.96 bits per heavy atom. The lowest BCUT2D eigenvalue weighted by atomic mass is 9.67. The first kappa shape index (κ1) is 18.3. The molecule has 2 aliphatic carbocycles. The summed E-state index contributed by atoms with van der Waals surface area (Å²) in [7, 11) is 1.93. The molecule has 1 saturated heterocycles. The summed E-state index contributed by atoms with van der Waals surface area (Å²) in [6.45, 7) is 4.89. The van der Waals surface area contributed by atoms with Gasteiger partial charge in [0, 0.05) is 19.0 Å². The number of carbonyl (C=O) groups excluding carboxylic acids is 2. The molecule has 27 heavy (non-hydrogen) atoms. The van der Waals surface area contributed by atoms with Gasteiger partial charge in [0.1, 0.15) is 6.61 Å². The summed E-state index contributed by atoms with van der Waals surface area (Å²) in [6.07, 6.45) is 4.31. The van der Waals surface area contributed by atoms with Gasteiger partial charge in [-0.1, -0.05) is 38.1 Å². The third kappa shape index (κ3) is 3.32. The van der Waals surface area contributed by atoms with Crippen molar-refractivity contribution in [2.24, 2.45) is 5.92 Å². The summed E-state index contributed by atoms with van der Waals surface area (Å²) in [5, 5.41) is 2.86. The summed E-state index contributed by atoms with van der Waals surface area (Å²) in [6, 6.07) is 9.39. The van der Waals surface area contributed by atoms with Crippen molar-refractivity contribution in [1.29, 1.82) is 0 Å². The third-order valence-electron chi connectivity index (χ3n) is 7.07. The molecule has 0 radical (unpaired) electrons. The van der Waals surface area contributed by atoms with E-state index < -0.39 is 0 Å². The topological polar surface area (TPSA) is 58.6 Å². The number of nitrogens with zero attached hydrogens (tertiary/aromatic N) is 1. The maximum absolute atomic E-state index is 12.7. The molecule has 1 aromatic carbocycles. The van der Waals surface area contributed by atoms with E-state index in [0.717, 1.165) is 19.3 Å². The lowest BCUT2D eigenvalue weighted by Crippen LogP contribution is -2.59. The largest absolute Gasteiger partial charge is 0.447 e. The zero-order valence-corrected chi connectivity index (χ0v) is 16.5. The van der Waals surface area contributed by atoms with Gasteiger partial charge in [0.2, 0.25) is 5.91 Å². The second kappa shape index (κ2) is 6.84. The average Bonchev–Trinajstić information content (AvgIpc) is 3.00. The molecule has 1 spiro atoms. The van der Waals surface area contributed by atoms with Gasteiger partial charge in [-0.15, -0.1) is 0 Å². The number of nitrogens with one attached hydrogen (secondary N) is 1. The maximum atomic E-state index is 12.7. The average molecular weight is 370 g/mol. The first-order valence-corrected chi connectivity index (χ1v) is 10.2. The van der Waals surface area contributed by atoms with Gasteiger partial charge in [0.05, 0.1) is 5.54 Å². The van der Waals surface area contributed by atoms with Crippen LogP contribution in [0.5, 0.6) is 0 Å². The highest BCUT2D eigenvalue weighted by Gasteiger charge is 2.53. The molecule has 1 atom stereocenters. The zero-order valence-electron chi connectivity index (χ0n) is 16.5. The van der Waals surface area contributed by atoms with Crippen LogP contribution in [0.25, 0.3) is 0 Å². The number of benzene rings is 1. The van der Waals surface area contributed by atoms with Crippen molar-refractivity contribution >= 4 is 12.0 Å². The van der Waals surface area contributed by atoms with Crippen molar-refractivity contribution in [2.75, 3.05) is 13.7 Å². The Balaban J connectivity index is 1.27. The molecule has 2 amide bonds. The molecule has 0 aromatic heterocycles. The quantitative estimate of drug-likeness (QED) is 0.858. The van der Waals surface area contributed by atoms with Gasteiger partial charge in [-0.25, -0.2) is 4.79 Å². The molecule has 3 aliphatic rings.